The van der Waals surface area contributed by atoms with Crippen molar-refractivity contribution < 1.29 is 26.4 Å². The predicted octanol–water partition coefficient (Wildman–Crippen LogP) is 0.881. The monoisotopic (exact) mass is 425 g/mol. The first-order chi connectivity index (χ1) is 13.2. The number of rotatable bonds is 6. The van der Waals surface area contributed by atoms with Gasteiger partial charge in [-0.2, -0.15) is 0 Å². The van der Waals surface area contributed by atoms with Crippen molar-refractivity contribution in [2.24, 2.45) is 5.92 Å². The molecule has 1 saturated heterocycles. The number of sulfonamides is 2. The van der Waals surface area contributed by atoms with Crippen LogP contribution in [0.5, 0.6) is 5.75 Å². The molecule has 9 nitrogen and oxygen atoms in total. The highest BCUT2D eigenvalue weighted by molar-refractivity contribution is 7.94. The van der Waals surface area contributed by atoms with Crippen molar-refractivity contribution in [1.29, 1.82) is 0 Å². The van der Waals surface area contributed by atoms with Crippen LogP contribution in [0.25, 0.3) is 0 Å². The van der Waals surface area contributed by atoms with E-state index in [2.05, 4.69) is 9.71 Å². The lowest BCUT2D eigenvalue weighted by Crippen LogP contribution is -2.31. The van der Waals surface area contributed by atoms with E-state index in [4.69, 9.17) is 4.74 Å². The highest BCUT2D eigenvalue weighted by Gasteiger charge is 2.42. The molecule has 1 aromatic carbocycles. The van der Waals surface area contributed by atoms with E-state index < -0.39 is 31.9 Å². The van der Waals surface area contributed by atoms with Crippen molar-refractivity contribution in [2.75, 3.05) is 17.2 Å². The standard InChI is InChI=1S/C17H19N3O6S2/c1-12-11-27(22,23)20(17(12)21)14-5-6-15(26-2)16(8-14)28(24,25)19-10-13-4-3-7-18-9-13/h3-9,12,19H,10-11H2,1-2H3/t12-/m0/s1. The Morgan fingerprint density at radius 1 is 1.32 bits per heavy atom. The fourth-order valence-electron chi connectivity index (χ4n) is 2.85. The van der Waals surface area contributed by atoms with Gasteiger partial charge in [0.2, 0.25) is 26.0 Å². The van der Waals surface area contributed by atoms with Gasteiger partial charge in [-0.3, -0.25) is 9.78 Å². The highest BCUT2D eigenvalue weighted by Crippen LogP contribution is 2.33. The normalized spacial score (nSPS) is 19.0. The van der Waals surface area contributed by atoms with Gasteiger partial charge in [-0.15, -0.1) is 0 Å². The number of ether oxygens (including phenoxy) is 1. The van der Waals surface area contributed by atoms with Crippen LogP contribution in [0.4, 0.5) is 5.69 Å². The van der Waals surface area contributed by atoms with Crippen molar-refractivity contribution in [3.05, 3.63) is 48.3 Å². The first-order valence-corrected chi connectivity index (χ1v) is 11.4. The molecular weight excluding hydrogens is 406 g/mol. The molecular formula is C17H19N3O6S2. The molecule has 1 atom stereocenters. The lowest BCUT2D eigenvalue weighted by Gasteiger charge is -2.18. The van der Waals surface area contributed by atoms with Crippen molar-refractivity contribution >= 4 is 31.6 Å². The van der Waals surface area contributed by atoms with E-state index >= 15 is 0 Å². The van der Waals surface area contributed by atoms with Crippen molar-refractivity contribution in [1.82, 2.24) is 9.71 Å². The minimum atomic E-state index is -4.06. The number of methoxy groups -OCH3 is 1. The summed E-state index contributed by atoms with van der Waals surface area (Å²) in [6.45, 7) is 1.50. The molecule has 0 unspecified atom stereocenters. The number of nitrogens with zero attached hydrogens (tertiary/aromatic N) is 2. The number of hydrogen-bond acceptors (Lipinski definition) is 7. The predicted molar refractivity (Wildman–Crippen MR) is 102 cm³/mol. The molecule has 1 aliphatic heterocycles. The van der Waals surface area contributed by atoms with Crippen LogP contribution in [-0.4, -0.2) is 40.6 Å². The van der Waals surface area contributed by atoms with Crippen molar-refractivity contribution in [2.45, 2.75) is 18.4 Å². The lowest BCUT2D eigenvalue weighted by molar-refractivity contribution is -0.119. The Morgan fingerprint density at radius 3 is 2.64 bits per heavy atom. The number of hydrogen-bond donors (Lipinski definition) is 1. The number of benzene rings is 1. The molecule has 150 valence electrons. The van der Waals surface area contributed by atoms with E-state index in [1.54, 1.807) is 18.3 Å². The topological polar surface area (TPSA) is 123 Å². The smallest absolute Gasteiger partial charge is 0.244 e. The quantitative estimate of drug-likeness (QED) is 0.729. The van der Waals surface area contributed by atoms with Gasteiger partial charge in [0.25, 0.3) is 0 Å². The maximum Gasteiger partial charge on any atom is 0.244 e. The summed E-state index contributed by atoms with van der Waals surface area (Å²) in [5, 5.41) is 0. The fourth-order valence-corrected chi connectivity index (χ4v) is 5.86. The molecule has 2 aromatic rings. The van der Waals surface area contributed by atoms with Crippen LogP contribution in [0, 0.1) is 5.92 Å². The van der Waals surface area contributed by atoms with Crippen molar-refractivity contribution in [3.63, 3.8) is 0 Å². The molecule has 11 heteroatoms. The second kappa shape index (κ2) is 7.49. The maximum absolute atomic E-state index is 12.8. The number of carbonyl (C=O) groups is 1. The van der Waals surface area contributed by atoms with Crippen LogP contribution in [0.1, 0.15) is 12.5 Å². The number of pyridine rings is 1. The fraction of sp³-hybridized carbons (Fsp3) is 0.294. The molecule has 0 aliphatic carbocycles. The molecule has 0 bridgehead atoms. The summed E-state index contributed by atoms with van der Waals surface area (Å²) in [5.41, 5.74) is 0.601. The van der Waals surface area contributed by atoms with Gasteiger partial charge in [0.15, 0.2) is 0 Å². The molecule has 1 aromatic heterocycles. The van der Waals surface area contributed by atoms with Crippen LogP contribution in [-0.2, 0) is 31.4 Å². The first kappa shape index (κ1) is 20.2. The Hall–Kier alpha value is -2.50. The first-order valence-electron chi connectivity index (χ1n) is 8.29. The summed E-state index contributed by atoms with van der Waals surface area (Å²) in [7, 11) is -6.61. The maximum atomic E-state index is 12.8. The number of aromatic nitrogens is 1. The van der Waals surface area contributed by atoms with Gasteiger partial charge in [0.1, 0.15) is 10.6 Å². The van der Waals surface area contributed by atoms with E-state index in [-0.39, 0.29) is 28.6 Å². The minimum Gasteiger partial charge on any atom is -0.495 e. The summed E-state index contributed by atoms with van der Waals surface area (Å²) >= 11 is 0. The Kier molecular flexibility index (Phi) is 5.41. The van der Waals surface area contributed by atoms with Crippen LogP contribution in [0.15, 0.2) is 47.6 Å². The van der Waals surface area contributed by atoms with Crippen LogP contribution < -0.4 is 13.8 Å². The van der Waals surface area contributed by atoms with Gasteiger partial charge in [-0.05, 0) is 29.8 Å². The van der Waals surface area contributed by atoms with Crippen LogP contribution in [0.3, 0.4) is 0 Å². The molecule has 1 N–H and O–H groups in total. The number of anilines is 1. The minimum absolute atomic E-state index is 0.0124. The number of carbonyl (C=O) groups excluding carboxylic acids is 1. The van der Waals surface area contributed by atoms with E-state index in [0.717, 1.165) is 6.07 Å². The zero-order chi connectivity index (χ0) is 20.5. The van der Waals surface area contributed by atoms with E-state index in [9.17, 15) is 21.6 Å². The summed E-state index contributed by atoms with van der Waals surface area (Å²) in [6.07, 6.45) is 3.09. The Labute approximate surface area is 163 Å². The van der Waals surface area contributed by atoms with Gasteiger partial charge in [-0.1, -0.05) is 13.0 Å². The Balaban J connectivity index is 1.98. The van der Waals surface area contributed by atoms with Crippen LogP contribution in [0.2, 0.25) is 0 Å². The molecule has 28 heavy (non-hydrogen) atoms. The zero-order valence-electron chi connectivity index (χ0n) is 15.2. The molecule has 1 aliphatic rings. The molecule has 0 spiro atoms. The third kappa shape index (κ3) is 3.86. The summed E-state index contributed by atoms with van der Waals surface area (Å²) in [4.78, 5) is 15.9. The summed E-state index contributed by atoms with van der Waals surface area (Å²) < 4.78 is 58.4. The van der Waals surface area contributed by atoms with Gasteiger partial charge in [0.05, 0.1) is 24.5 Å². The second-order valence-corrected chi connectivity index (χ2v) is 9.90. The van der Waals surface area contributed by atoms with Crippen LogP contribution >= 0.6 is 0 Å². The molecule has 0 saturated carbocycles. The van der Waals surface area contributed by atoms with Gasteiger partial charge >= 0.3 is 0 Å². The third-order valence-corrected chi connectivity index (χ3v) is 7.51. The van der Waals surface area contributed by atoms with Crippen molar-refractivity contribution in [3.8, 4) is 5.75 Å². The summed E-state index contributed by atoms with van der Waals surface area (Å²) in [5.74, 6) is -1.59. The largest absolute Gasteiger partial charge is 0.495 e. The van der Waals surface area contributed by atoms with Gasteiger partial charge < -0.3 is 4.74 Å². The highest BCUT2D eigenvalue weighted by atomic mass is 32.2. The Morgan fingerprint density at radius 2 is 2.07 bits per heavy atom. The second-order valence-electron chi connectivity index (χ2n) is 6.30. The van der Waals surface area contributed by atoms with E-state index in [1.165, 1.54) is 32.4 Å². The summed E-state index contributed by atoms with van der Waals surface area (Å²) in [6, 6.07) is 7.17. The van der Waals surface area contributed by atoms with Gasteiger partial charge in [0, 0.05) is 18.9 Å². The molecule has 1 amide bonds. The Bertz CT molecular complexity index is 1100. The zero-order valence-corrected chi connectivity index (χ0v) is 16.8. The molecule has 1 fully saturated rings. The lowest BCUT2D eigenvalue weighted by atomic mass is 10.2. The molecule has 3 rings (SSSR count). The molecule has 0 radical (unpaired) electrons. The van der Waals surface area contributed by atoms with E-state index in [0.29, 0.717) is 9.87 Å². The average molecular weight is 425 g/mol. The molecule has 2 heterocycles. The SMILES string of the molecule is COc1ccc(N2C(=O)[C@@H](C)CS2(=O)=O)cc1S(=O)(=O)NCc1cccnc1. The third-order valence-electron chi connectivity index (χ3n) is 4.22. The van der Waals surface area contributed by atoms with Gasteiger partial charge in [-0.25, -0.2) is 25.9 Å². The number of nitrogens with one attached hydrogen (secondary N) is 1. The number of amides is 1. The van der Waals surface area contributed by atoms with E-state index in [1.807, 2.05) is 0 Å². The average Bonchev–Trinajstić information content (AvgIpc) is 2.87.